The third kappa shape index (κ3) is 5.73. The van der Waals surface area contributed by atoms with Crippen LogP contribution < -0.4 is 16.4 Å². The summed E-state index contributed by atoms with van der Waals surface area (Å²) in [4.78, 5) is 38.4. The molecule has 2 aliphatic carbocycles. The van der Waals surface area contributed by atoms with E-state index in [4.69, 9.17) is 11.1 Å². The van der Waals surface area contributed by atoms with E-state index in [0.29, 0.717) is 37.3 Å². The van der Waals surface area contributed by atoms with E-state index in [1.165, 1.54) is 0 Å². The van der Waals surface area contributed by atoms with Crippen molar-refractivity contribution in [2.24, 2.45) is 11.7 Å². The van der Waals surface area contributed by atoms with Gasteiger partial charge < -0.3 is 16.0 Å². The van der Waals surface area contributed by atoms with Crippen molar-refractivity contribution in [2.45, 2.75) is 95.1 Å². The smallest absolute Gasteiger partial charge is 0.402 e. The van der Waals surface area contributed by atoms with Crippen LogP contribution in [0.2, 0.25) is 0 Å². The summed E-state index contributed by atoms with van der Waals surface area (Å²) in [5.41, 5.74) is 7.31. The van der Waals surface area contributed by atoms with Gasteiger partial charge >= 0.3 is 6.18 Å². The van der Waals surface area contributed by atoms with Gasteiger partial charge in [0.05, 0.1) is 0 Å². The molecular formula is C28H34F3N5O3. The molecule has 2 fully saturated rings. The minimum atomic E-state index is -4.69. The fourth-order valence-electron chi connectivity index (χ4n) is 6.60. The first-order chi connectivity index (χ1) is 18.5. The largest absolute Gasteiger partial charge is 0.432 e. The first-order valence-corrected chi connectivity index (χ1v) is 13.7. The lowest BCUT2D eigenvalue weighted by atomic mass is 9.79. The molecule has 5 rings (SSSR count). The lowest BCUT2D eigenvalue weighted by molar-refractivity contribution is -0.136. The molecule has 8 nitrogen and oxygen atoms in total. The Morgan fingerprint density at radius 3 is 2.59 bits per heavy atom. The number of nitrogens with two attached hydrogens (primary N) is 1. The van der Waals surface area contributed by atoms with E-state index in [1.54, 1.807) is 4.90 Å². The number of hydrogen-bond donors (Lipinski definition) is 4. The highest BCUT2D eigenvalue weighted by atomic mass is 19.4. The summed E-state index contributed by atoms with van der Waals surface area (Å²) in [6, 6.07) is 5.37. The summed E-state index contributed by atoms with van der Waals surface area (Å²) < 4.78 is 39.0. The second-order valence-corrected chi connectivity index (χ2v) is 11.2. The first kappa shape index (κ1) is 27.4. The van der Waals surface area contributed by atoms with Crippen LogP contribution in [0.15, 0.2) is 29.5 Å². The van der Waals surface area contributed by atoms with Gasteiger partial charge in [0.2, 0.25) is 11.8 Å². The second kappa shape index (κ2) is 10.7. The van der Waals surface area contributed by atoms with E-state index in [1.807, 2.05) is 18.2 Å². The van der Waals surface area contributed by atoms with Crippen LogP contribution >= 0.6 is 0 Å². The molecule has 5 N–H and O–H groups in total. The maximum absolute atomic E-state index is 13.0. The molecule has 1 unspecified atom stereocenters. The van der Waals surface area contributed by atoms with Gasteiger partial charge in [-0.15, -0.1) is 0 Å². The van der Waals surface area contributed by atoms with E-state index < -0.39 is 23.8 Å². The third-order valence-electron chi connectivity index (χ3n) is 8.63. The summed E-state index contributed by atoms with van der Waals surface area (Å²) in [7, 11) is 0. The Morgan fingerprint density at radius 2 is 1.87 bits per heavy atom. The maximum Gasteiger partial charge on any atom is 0.432 e. The van der Waals surface area contributed by atoms with Crippen molar-refractivity contribution in [3.05, 3.63) is 46.2 Å². The van der Waals surface area contributed by atoms with Gasteiger partial charge in [-0.25, -0.2) is 0 Å². The van der Waals surface area contributed by atoms with Crippen molar-refractivity contribution in [1.82, 2.24) is 15.5 Å². The molecule has 4 atom stereocenters. The number of alkyl halides is 3. The van der Waals surface area contributed by atoms with Crippen molar-refractivity contribution >= 4 is 23.4 Å². The average molecular weight is 546 g/mol. The molecule has 39 heavy (non-hydrogen) atoms. The Morgan fingerprint density at radius 1 is 1.10 bits per heavy atom. The van der Waals surface area contributed by atoms with E-state index in [2.05, 4.69) is 10.6 Å². The van der Waals surface area contributed by atoms with Crippen molar-refractivity contribution in [3.63, 3.8) is 0 Å². The molecule has 1 saturated carbocycles. The number of benzene rings is 1. The normalized spacial score (nSPS) is 28.0. The topological polar surface area (TPSA) is 128 Å². The van der Waals surface area contributed by atoms with Crippen molar-refractivity contribution < 1.29 is 27.6 Å². The van der Waals surface area contributed by atoms with Gasteiger partial charge in [0, 0.05) is 48.3 Å². The average Bonchev–Trinajstić information content (AvgIpc) is 3.20. The minimum absolute atomic E-state index is 0.0277. The van der Waals surface area contributed by atoms with E-state index in [9.17, 15) is 27.6 Å². The molecule has 1 saturated heterocycles. The predicted molar refractivity (Wildman–Crippen MR) is 138 cm³/mol. The molecule has 2 aliphatic heterocycles. The minimum Gasteiger partial charge on any atom is -0.402 e. The number of halogens is 3. The number of nitrogens with zero attached hydrogens (tertiary/aromatic N) is 1. The Hall–Kier alpha value is -3.21. The molecule has 1 aromatic rings. The van der Waals surface area contributed by atoms with Crippen LogP contribution in [-0.2, 0) is 22.6 Å². The monoisotopic (exact) mass is 545 g/mol. The lowest BCUT2D eigenvalue weighted by Gasteiger charge is -2.37. The third-order valence-corrected chi connectivity index (χ3v) is 8.63. The molecule has 2 heterocycles. The zero-order valence-corrected chi connectivity index (χ0v) is 21.7. The Balaban J connectivity index is 1.23. The van der Waals surface area contributed by atoms with Gasteiger partial charge in [-0.1, -0.05) is 25.0 Å². The van der Waals surface area contributed by atoms with Crippen LogP contribution in [-0.4, -0.2) is 52.6 Å². The molecule has 210 valence electrons. The van der Waals surface area contributed by atoms with Gasteiger partial charge in [0.25, 0.3) is 5.91 Å². The summed E-state index contributed by atoms with van der Waals surface area (Å²) in [5, 5.41) is 13.5. The van der Waals surface area contributed by atoms with Gasteiger partial charge in [-0.3, -0.25) is 25.1 Å². The zero-order valence-electron chi connectivity index (χ0n) is 21.7. The van der Waals surface area contributed by atoms with Gasteiger partial charge in [0.1, 0.15) is 11.8 Å². The van der Waals surface area contributed by atoms with E-state index in [-0.39, 0.29) is 48.0 Å². The van der Waals surface area contributed by atoms with Gasteiger partial charge in [-0.05, 0) is 61.6 Å². The summed E-state index contributed by atoms with van der Waals surface area (Å²) in [5.74, 6) is -0.597. The Labute approximate surface area is 225 Å². The highest BCUT2D eigenvalue weighted by Crippen LogP contribution is 2.34. The SMILES string of the molecule is N=C(C1=C(N)C[C@@H](N[C@H]2CCCC[C@@H]2Cc2ccc3c(c2)CN(C2CCC(=O)NC2=O)C3=O)CC1)C(F)(F)F. The summed E-state index contributed by atoms with van der Waals surface area (Å²) >= 11 is 0. The number of fused-ring (bicyclic) bond motifs is 1. The molecule has 3 amide bonds. The second-order valence-electron chi connectivity index (χ2n) is 11.2. The fourth-order valence-corrected chi connectivity index (χ4v) is 6.60. The number of carbonyl (C=O) groups excluding carboxylic acids is 3. The number of hydrogen-bond acceptors (Lipinski definition) is 6. The number of imide groups is 1. The number of amides is 3. The molecule has 0 radical (unpaired) electrons. The van der Waals surface area contributed by atoms with E-state index in [0.717, 1.165) is 43.2 Å². The van der Waals surface area contributed by atoms with Crippen LogP contribution in [0.5, 0.6) is 0 Å². The highest BCUT2D eigenvalue weighted by molar-refractivity contribution is 6.05. The van der Waals surface area contributed by atoms with Crippen LogP contribution in [0.25, 0.3) is 0 Å². The highest BCUT2D eigenvalue weighted by Gasteiger charge is 2.40. The number of piperidine rings is 1. The summed E-state index contributed by atoms with van der Waals surface area (Å²) in [6.07, 6.45) is 1.79. The number of carbonyl (C=O) groups is 3. The molecule has 0 spiro atoms. The van der Waals surface area contributed by atoms with Crippen LogP contribution in [0.3, 0.4) is 0 Å². The number of nitrogens with one attached hydrogen (secondary N) is 3. The van der Waals surface area contributed by atoms with E-state index >= 15 is 0 Å². The Bertz CT molecular complexity index is 1230. The lowest BCUT2D eigenvalue weighted by Crippen LogP contribution is -2.52. The molecule has 1 aromatic carbocycles. The molecule has 0 bridgehead atoms. The maximum atomic E-state index is 13.0. The van der Waals surface area contributed by atoms with Crippen molar-refractivity contribution in [1.29, 1.82) is 5.41 Å². The predicted octanol–water partition coefficient (Wildman–Crippen LogP) is 3.49. The molecule has 11 heteroatoms. The van der Waals surface area contributed by atoms with Crippen LogP contribution in [0.1, 0.15) is 79.3 Å². The van der Waals surface area contributed by atoms with Gasteiger partial charge in [0.15, 0.2) is 0 Å². The van der Waals surface area contributed by atoms with Crippen LogP contribution in [0.4, 0.5) is 13.2 Å². The fraction of sp³-hybridized carbons (Fsp3) is 0.571. The number of rotatable bonds is 6. The Kier molecular flexibility index (Phi) is 7.54. The molecule has 4 aliphatic rings. The van der Waals surface area contributed by atoms with Crippen molar-refractivity contribution in [2.75, 3.05) is 0 Å². The van der Waals surface area contributed by atoms with Gasteiger partial charge in [-0.2, -0.15) is 13.2 Å². The zero-order chi connectivity index (χ0) is 27.9. The standard InChI is InChI=1S/C28H34F3N5O3/c29-28(30,31)25(33)20-8-6-18(13-21(20)32)34-22-4-2-1-3-16(22)11-15-5-7-19-17(12-15)14-36(27(19)39)23-9-10-24(37)35-26(23)38/h5,7,12,16,18,22-23,33-34H,1-4,6,8-11,13-14,32H2,(H,35,37,38)/t16-,18+,22+,23?/m1/s1. The molecular weight excluding hydrogens is 511 g/mol. The number of allylic oxidation sites excluding steroid dienone is 1. The molecule has 0 aromatic heterocycles. The quantitative estimate of drug-likeness (QED) is 0.321. The van der Waals surface area contributed by atoms with Crippen molar-refractivity contribution in [3.8, 4) is 0 Å². The summed E-state index contributed by atoms with van der Waals surface area (Å²) in [6.45, 7) is 0.337. The first-order valence-electron chi connectivity index (χ1n) is 13.7. The van der Waals surface area contributed by atoms with Crippen LogP contribution in [0, 0.1) is 11.3 Å².